The minimum atomic E-state index is -0.828. The van der Waals surface area contributed by atoms with E-state index in [2.05, 4.69) is 5.32 Å². The Bertz CT molecular complexity index is 225. The first-order valence-electron chi connectivity index (χ1n) is 5.43. The maximum atomic E-state index is 13.0. The largest absolute Gasteiger partial charge is 0.460 e. The van der Waals surface area contributed by atoms with Crippen LogP contribution in [0.2, 0.25) is 0 Å². The third kappa shape index (κ3) is 5.11. The number of ether oxygens (including phenoxy) is 1. The Kier molecular flexibility index (Phi) is 4.08. The molecule has 0 saturated carbocycles. The average Bonchev–Trinajstić information content (AvgIpc) is 1.99. The van der Waals surface area contributed by atoms with Crippen LogP contribution in [0.3, 0.4) is 0 Å². The maximum Gasteiger partial charge on any atom is 0.306 e. The van der Waals surface area contributed by atoms with E-state index in [1.54, 1.807) is 0 Å². The van der Waals surface area contributed by atoms with Gasteiger partial charge in [0.1, 0.15) is 11.8 Å². The minimum Gasteiger partial charge on any atom is -0.460 e. The van der Waals surface area contributed by atoms with Gasteiger partial charge in [0.05, 0.1) is 0 Å². The van der Waals surface area contributed by atoms with Crippen molar-refractivity contribution in [3.05, 3.63) is 0 Å². The van der Waals surface area contributed by atoms with Gasteiger partial charge in [0.2, 0.25) is 0 Å². The molecule has 0 aromatic carbocycles. The molecule has 1 heterocycles. The smallest absolute Gasteiger partial charge is 0.306 e. The van der Waals surface area contributed by atoms with Crippen LogP contribution in [0.25, 0.3) is 0 Å². The summed E-state index contributed by atoms with van der Waals surface area (Å²) >= 11 is 0. The summed E-state index contributed by atoms with van der Waals surface area (Å²) in [6.07, 6.45) is -0.0529. The Morgan fingerprint density at radius 3 is 2.67 bits per heavy atom. The van der Waals surface area contributed by atoms with Crippen LogP contribution < -0.4 is 5.32 Å². The van der Waals surface area contributed by atoms with Crippen molar-refractivity contribution >= 4 is 5.97 Å². The third-order valence-electron chi connectivity index (χ3n) is 2.26. The number of carbonyl (C=O) groups excluding carboxylic acids is 1. The predicted octanol–water partition coefficient (Wildman–Crippen LogP) is 1.67. The van der Waals surface area contributed by atoms with Crippen LogP contribution in [0.15, 0.2) is 0 Å². The van der Waals surface area contributed by atoms with Gasteiger partial charge in [0, 0.05) is 13.0 Å². The number of piperidine rings is 1. The summed E-state index contributed by atoms with van der Waals surface area (Å²) in [6.45, 7) is 6.62. The van der Waals surface area contributed by atoms with Crippen molar-refractivity contribution in [2.45, 2.75) is 45.4 Å². The average molecular weight is 217 g/mol. The van der Waals surface area contributed by atoms with Gasteiger partial charge < -0.3 is 10.1 Å². The number of rotatable bonds is 2. The number of alkyl halides is 1. The second-order valence-electron chi connectivity index (χ2n) is 5.15. The first kappa shape index (κ1) is 12.4. The van der Waals surface area contributed by atoms with Crippen LogP contribution in [0, 0.1) is 5.92 Å². The Morgan fingerprint density at radius 2 is 2.13 bits per heavy atom. The number of esters is 1. The van der Waals surface area contributed by atoms with E-state index in [0.29, 0.717) is 25.9 Å². The zero-order valence-electron chi connectivity index (χ0n) is 9.68. The topological polar surface area (TPSA) is 38.3 Å². The van der Waals surface area contributed by atoms with Crippen LogP contribution in [0.4, 0.5) is 4.39 Å². The van der Waals surface area contributed by atoms with Crippen molar-refractivity contribution in [1.82, 2.24) is 5.32 Å². The molecule has 88 valence electrons. The fourth-order valence-corrected chi connectivity index (χ4v) is 1.75. The molecule has 0 amide bonds. The molecule has 0 radical (unpaired) electrons. The Hall–Kier alpha value is -0.640. The van der Waals surface area contributed by atoms with Crippen molar-refractivity contribution in [3.63, 3.8) is 0 Å². The van der Waals surface area contributed by atoms with Gasteiger partial charge in [0.15, 0.2) is 0 Å². The molecule has 0 bridgehead atoms. The van der Waals surface area contributed by atoms with Gasteiger partial charge in [-0.2, -0.15) is 0 Å². The summed E-state index contributed by atoms with van der Waals surface area (Å²) in [7, 11) is 0. The van der Waals surface area contributed by atoms with Gasteiger partial charge >= 0.3 is 5.97 Å². The number of hydrogen-bond acceptors (Lipinski definition) is 3. The SMILES string of the molecule is CC(C)(C)OC(=O)C[C@H]1CNC[C@H](F)C1. The highest BCUT2D eigenvalue weighted by molar-refractivity contribution is 5.70. The van der Waals surface area contributed by atoms with Gasteiger partial charge in [-0.3, -0.25) is 4.79 Å². The minimum absolute atomic E-state index is 0.0728. The molecule has 15 heavy (non-hydrogen) atoms. The molecule has 0 aliphatic carbocycles. The lowest BCUT2D eigenvalue weighted by Crippen LogP contribution is -2.39. The first-order valence-corrected chi connectivity index (χ1v) is 5.43. The van der Waals surface area contributed by atoms with Crippen molar-refractivity contribution < 1.29 is 13.9 Å². The molecule has 1 aliphatic heterocycles. The predicted molar refractivity (Wildman–Crippen MR) is 56.3 cm³/mol. The van der Waals surface area contributed by atoms with Crippen molar-refractivity contribution in [2.75, 3.05) is 13.1 Å². The number of halogens is 1. The van der Waals surface area contributed by atoms with Gasteiger partial charge in [-0.25, -0.2) is 4.39 Å². The fraction of sp³-hybridized carbons (Fsp3) is 0.909. The van der Waals surface area contributed by atoms with Gasteiger partial charge in [-0.1, -0.05) is 0 Å². The van der Waals surface area contributed by atoms with Gasteiger partial charge in [-0.15, -0.1) is 0 Å². The van der Waals surface area contributed by atoms with Gasteiger partial charge in [-0.05, 0) is 39.7 Å². The lowest BCUT2D eigenvalue weighted by molar-refractivity contribution is -0.156. The second-order valence-corrected chi connectivity index (χ2v) is 5.15. The van der Waals surface area contributed by atoms with E-state index < -0.39 is 11.8 Å². The molecular weight excluding hydrogens is 197 g/mol. The highest BCUT2D eigenvalue weighted by atomic mass is 19.1. The molecule has 0 aromatic heterocycles. The Labute approximate surface area is 90.4 Å². The molecule has 1 N–H and O–H groups in total. The van der Waals surface area contributed by atoms with E-state index in [4.69, 9.17) is 4.74 Å². The normalized spacial score (nSPS) is 27.5. The molecule has 1 aliphatic rings. The van der Waals surface area contributed by atoms with E-state index >= 15 is 0 Å². The van der Waals surface area contributed by atoms with Crippen LogP contribution in [-0.2, 0) is 9.53 Å². The molecular formula is C11H20FNO2. The lowest BCUT2D eigenvalue weighted by atomic mass is 9.95. The molecule has 0 unspecified atom stereocenters. The summed E-state index contributed by atoms with van der Waals surface area (Å²) in [6, 6.07) is 0. The molecule has 0 spiro atoms. The summed E-state index contributed by atoms with van der Waals surface area (Å²) in [5, 5.41) is 2.97. The molecule has 1 saturated heterocycles. The number of hydrogen-bond donors (Lipinski definition) is 1. The highest BCUT2D eigenvalue weighted by Crippen LogP contribution is 2.19. The molecule has 3 nitrogen and oxygen atoms in total. The monoisotopic (exact) mass is 217 g/mol. The summed E-state index contributed by atoms with van der Waals surface area (Å²) < 4.78 is 18.2. The maximum absolute atomic E-state index is 13.0. The summed E-state index contributed by atoms with van der Waals surface area (Å²) in [5.41, 5.74) is -0.450. The Balaban J connectivity index is 2.31. The molecule has 1 fully saturated rings. The highest BCUT2D eigenvalue weighted by Gasteiger charge is 2.25. The fourth-order valence-electron chi connectivity index (χ4n) is 1.75. The van der Waals surface area contributed by atoms with Crippen LogP contribution in [0.1, 0.15) is 33.6 Å². The van der Waals surface area contributed by atoms with E-state index in [1.807, 2.05) is 20.8 Å². The molecule has 2 atom stereocenters. The summed E-state index contributed by atoms with van der Waals surface area (Å²) in [4.78, 5) is 11.5. The number of nitrogens with one attached hydrogen (secondary N) is 1. The van der Waals surface area contributed by atoms with E-state index in [1.165, 1.54) is 0 Å². The van der Waals surface area contributed by atoms with Crippen LogP contribution in [-0.4, -0.2) is 30.8 Å². The third-order valence-corrected chi connectivity index (χ3v) is 2.26. The van der Waals surface area contributed by atoms with E-state index in [0.717, 1.165) is 0 Å². The van der Waals surface area contributed by atoms with E-state index in [9.17, 15) is 9.18 Å². The van der Waals surface area contributed by atoms with Crippen LogP contribution in [0.5, 0.6) is 0 Å². The van der Waals surface area contributed by atoms with E-state index in [-0.39, 0.29) is 11.9 Å². The van der Waals surface area contributed by atoms with Crippen molar-refractivity contribution in [2.24, 2.45) is 5.92 Å². The lowest BCUT2D eigenvalue weighted by Gasteiger charge is -2.26. The summed E-state index contributed by atoms with van der Waals surface area (Å²) in [5.74, 6) is -0.160. The second kappa shape index (κ2) is 4.92. The zero-order valence-corrected chi connectivity index (χ0v) is 9.68. The van der Waals surface area contributed by atoms with Crippen molar-refractivity contribution in [1.29, 1.82) is 0 Å². The quantitative estimate of drug-likeness (QED) is 0.715. The van der Waals surface area contributed by atoms with Crippen LogP contribution >= 0.6 is 0 Å². The zero-order chi connectivity index (χ0) is 11.5. The Morgan fingerprint density at radius 1 is 1.47 bits per heavy atom. The van der Waals surface area contributed by atoms with Gasteiger partial charge in [0.25, 0.3) is 0 Å². The first-order chi connectivity index (χ1) is 6.87. The standard InChI is InChI=1S/C11H20FNO2/c1-11(2,3)15-10(14)5-8-4-9(12)7-13-6-8/h8-9,13H,4-7H2,1-3H3/t8-,9+/m0/s1. The number of carbonyl (C=O) groups is 1. The molecule has 4 heteroatoms. The van der Waals surface area contributed by atoms with Crippen molar-refractivity contribution in [3.8, 4) is 0 Å². The molecule has 1 rings (SSSR count). The molecule has 0 aromatic rings.